The number of para-hydroxylation sites is 1. The maximum absolute atomic E-state index is 13.2. The smallest absolute Gasteiger partial charge is 0.261 e. The average molecular weight is 481 g/mol. The Bertz CT molecular complexity index is 1350. The summed E-state index contributed by atoms with van der Waals surface area (Å²) >= 11 is 6.01. The second kappa shape index (κ2) is 8.43. The van der Waals surface area contributed by atoms with E-state index in [1.165, 1.54) is 0 Å². The predicted molar refractivity (Wildman–Crippen MR) is 133 cm³/mol. The van der Waals surface area contributed by atoms with E-state index in [9.17, 15) is 8.42 Å². The molecule has 1 heterocycles. The van der Waals surface area contributed by atoms with E-state index in [0.29, 0.717) is 10.7 Å². The van der Waals surface area contributed by atoms with E-state index in [2.05, 4.69) is 28.3 Å². The van der Waals surface area contributed by atoms with Crippen molar-refractivity contribution in [3.05, 3.63) is 94.5 Å². The monoisotopic (exact) mass is 480 g/mol. The fourth-order valence-electron chi connectivity index (χ4n) is 4.92. The van der Waals surface area contributed by atoms with E-state index >= 15 is 0 Å². The molecular weight excluding hydrogens is 456 g/mol. The minimum Gasteiger partial charge on any atom is -0.496 e. The van der Waals surface area contributed by atoms with Gasteiger partial charge in [-0.15, -0.1) is 0 Å². The van der Waals surface area contributed by atoms with Crippen LogP contribution in [0.5, 0.6) is 5.75 Å². The number of rotatable bonds is 5. The van der Waals surface area contributed by atoms with Crippen molar-refractivity contribution in [3.8, 4) is 5.75 Å². The van der Waals surface area contributed by atoms with E-state index in [1.54, 1.807) is 37.4 Å². The molecule has 0 spiro atoms. The van der Waals surface area contributed by atoms with Crippen LogP contribution in [0.15, 0.2) is 77.7 Å². The van der Waals surface area contributed by atoms with Gasteiger partial charge in [-0.25, -0.2) is 8.42 Å². The molecule has 0 radical (unpaired) electrons. The molecule has 0 bridgehead atoms. The maximum atomic E-state index is 13.2. The number of ether oxygens (including phenoxy) is 1. The molecule has 1 aliphatic heterocycles. The predicted octanol–water partition coefficient (Wildman–Crippen LogP) is 6.28. The molecule has 0 amide bonds. The van der Waals surface area contributed by atoms with E-state index < -0.39 is 10.0 Å². The quantitative estimate of drug-likeness (QED) is 0.421. The van der Waals surface area contributed by atoms with E-state index in [-0.39, 0.29) is 22.8 Å². The number of halogens is 1. The van der Waals surface area contributed by atoms with Crippen LogP contribution < -0.4 is 14.8 Å². The number of methoxy groups -OCH3 is 1. The second-order valence-corrected chi connectivity index (χ2v) is 10.7. The topological polar surface area (TPSA) is 67.4 Å². The third kappa shape index (κ3) is 3.98. The summed E-state index contributed by atoms with van der Waals surface area (Å²) in [5.41, 5.74) is 4.34. The Morgan fingerprint density at radius 2 is 1.88 bits per heavy atom. The van der Waals surface area contributed by atoms with Crippen LogP contribution in [0.4, 0.5) is 11.4 Å². The molecule has 0 unspecified atom stereocenters. The lowest BCUT2D eigenvalue weighted by Crippen LogP contribution is -2.29. The molecule has 2 aliphatic rings. The molecule has 33 heavy (non-hydrogen) atoms. The number of hydrogen-bond donors (Lipinski definition) is 2. The van der Waals surface area contributed by atoms with Gasteiger partial charge in [0, 0.05) is 22.2 Å². The molecular formula is C26H25ClN2O3S. The van der Waals surface area contributed by atoms with E-state index in [4.69, 9.17) is 16.3 Å². The zero-order valence-corrected chi connectivity index (χ0v) is 20.0. The lowest BCUT2D eigenvalue weighted by molar-refractivity contribution is 0.381. The zero-order valence-electron chi connectivity index (χ0n) is 18.4. The molecule has 5 nitrogen and oxygen atoms in total. The Morgan fingerprint density at radius 1 is 1.06 bits per heavy atom. The van der Waals surface area contributed by atoms with Gasteiger partial charge < -0.3 is 10.1 Å². The number of aryl methyl sites for hydroxylation is 1. The van der Waals surface area contributed by atoms with Gasteiger partial charge in [-0.05, 0) is 72.9 Å². The molecule has 3 atom stereocenters. The third-order valence-corrected chi connectivity index (χ3v) is 8.15. The highest BCUT2D eigenvalue weighted by atomic mass is 35.5. The summed E-state index contributed by atoms with van der Waals surface area (Å²) in [7, 11) is -2.07. The van der Waals surface area contributed by atoms with Gasteiger partial charge in [0.1, 0.15) is 5.75 Å². The molecule has 0 fully saturated rings. The molecule has 5 rings (SSSR count). The summed E-state index contributed by atoms with van der Waals surface area (Å²) in [5, 5.41) is 4.22. The molecule has 7 heteroatoms. The standard InChI is InChI=1S/C26H25ClN2O3S/c1-16-14-17(27)10-12-23(16)29-33(30,31)18-11-13-24-22(15-18)19-7-5-8-20(19)26(28-24)21-6-3-4-9-25(21)32-2/h3-7,9-15,19-20,26,28-29H,8H2,1-2H3/t19-,20+,26-/m0/s1. The summed E-state index contributed by atoms with van der Waals surface area (Å²) in [5.74, 6) is 1.26. The van der Waals surface area contributed by atoms with Crippen LogP contribution in [0.1, 0.15) is 35.1 Å². The van der Waals surface area contributed by atoms with Crippen molar-refractivity contribution in [1.29, 1.82) is 0 Å². The van der Waals surface area contributed by atoms with Gasteiger partial charge in [0.05, 0.1) is 23.7 Å². The van der Waals surface area contributed by atoms with Crippen LogP contribution in [0.2, 0.25) is 5.02 Å². The number of nitrogens with one attached hydrogen (secondary N) is 2. The fourth-order valence-corrected chi connectivity index (χ4v) is 6.31. The number of hydrogen-bond acceptors (Lipinski definition) is 4. The first-order valence-corrected chi connectivity index (χ1v) is 12.7. The molecule has 2 N–H and O–H groups in total. The Balaban J connectivity index is 1.50. The summed E-state index contributed by atoms with van der Waals surface area (Å²) < 4.78 is 34.7. The number of sulfonamides is 1. The van der Waals surface area contributed by atoms with Crippen molar-refractivity contribution in [2.45, 2.75) is 30.2 Å². The summed E-state index contributed by atoms with van der Waals surface area (Å²) in [4.78, 5) is 0.243. The van der Waals surface area contributed by atoms with Gasteiger partial charge in [-0.3, -0.25) is 4.72 Å². The molecule has 170 valence electrons. The molecule has 1 aliphatic carbocycles. The minimum absolute atomic E-state index is 0.0750. The van der Waals surface area contributed by atoms with Crippen LogP contribution in [-0.2, 0) is 10.0 Å². The minimum atomic E-state index is -3.75. The van der Waals surface area contributed by atoms with Crippen LogP contribution in [0, 0.1) is 12.8 Å². The number of allylic oxidation sites excluding steroid dienone is 2. The van der Waals surface area contributed by atoms with Crippen molar-refractivity contribution < 1.29 is 13.2 Å². The van der Waals surface area contributed by atoms with E-state index in [1.807, 2.05) is 31.2 Å². The first kappa shape index (κ1) is 21.9. The van der Waals surface area contributed by atoms with Gasteiger partial charge in [-0.2, -0.15) is 0 Å². The summed E-state index contributed by atoms with van der Waals surface area (Å²) in [6, 6.07) is 18.5. The second-order valence-electron chi connectivity index (χ2n) is 8.53. The average Bonchev–Trinajstić information content (AvgIpc) is 3.30. The molecule has 3 aromatic carbocycles. The Hall–Kier alpha value is -2.96. The molecule has 0 saturated heterocycles. The SMILES string of the molecule is COc1ccccc1[C@H]1Nc2ccc(S(=O)(=O)Nc3ccc(Cl)cc3C)cc2[C@H]2C=CC[C@H]21. The highest BCUT2D eigenvalue weighted by Crippen LogP contribution is 2.51. The van der Waals surface area contributed by atoms with Crippen LogP contribution in [-0.4, -0.2) is 15.5 Å². The largest absolute Gasteiger partial charge is 0.496 e. The van der Waals surface area contributed by atoms with Crippen LogP contribution >= 0.6 is 11.6 Å². The fraction of sp³-hybridized carbons (Fsp3) is 0.231. The Kier molecular flexibility index (Phi) is 5.59. The van der Waals surface area contributed by atoms with Crippen molar-refractivity contribution in [3.63, 3.8) is 0 Å². The first-order valence-electron chi connectivity index (χ1n) is 10.9. The van der Waals surface area contributed by atoms with Gasteiger partial charge in [0.15, 0.2) is 0 Å². The van der Waals surface area contributed by atoms with Crippen molar-refractivity contribution in [1.82, 2.24) is 0 Å². The Morgan fingerprint density at radius 3 is 2.67 bits per heavy atom. The zero-order chi connectivity index (χ0) is 23.2. The molecule has 0 saturated carbocycles. The third-order valence-electron chi connectivity index (χ3n) is 6.55. The maximum Gasteiger partial charge on any atom is 0.261 e. The van der Waals surface area contributed by atoms with Gasteiger partial charge in [-0.1, -0.05) is 42.0 Å². The van der Waals surface area contributed by atoms with Crippen LogP contribution in [0.3, 0.4) is 0 Å². The summed E-state index contributed by atoms with van der Waals surface area (Å²) in [6.45, 7) is 1.83. The highest BCUT2D eigenvalue weighted by molar-refractivity contribution is 7.92. The van der Waals surface area contributed by atoms with Gasteiger partial charge in [0.2, 0.25) is 0 Å². The Labute approximate surface area is 199 Å². The number of fused-ring (bicyclic) bond motifs is 3. The van der Waals surface area contributed by atoms with Crippen LogP contribution in [0.25, 0.3) is 0 Å². The highest BCUT2D eigenvalue weighted by Gasteiger charge is 2.39. The molecule has 3 aromatic rings. The van der Waals surface area contributed by atoms with Gasteiger partial charge in [0.25, 0.3) is 10.0 Å². The normalized spacial score (nSPS) is 21.1. The van der Waals surface area contributed by atoms with Crippen molar-refractivity contribution in [2.24, 2.45) is 5.92 Å². The lowest BCUT2D eigenvalue weighted by atomic mass is 9.77. The van der Waals surface area contributed by atoms with Crippen molar-refractivity contribution >= 4 is 33.0 Å². The first-order chi connectivity index (χ1) is 15.9. The van der Waals surface area contributed by atoms with E-state index in [0.717, 1.165) is 34.5 Å². The lowest BCUT2D eigenvalue weighted by Gasteiger charge is -2.38. The van der Waals surface area contributed by atoms with Crippen molar-refractivity contribution in [2.75, 3.05) is 17.1 Å². The van der Waals surface area contributed by atoms with Gasteiger partial charge >= 0.3 is 0 Å². The molecule has 0 aromatic heterocycles. The number of benzene rings is 3. The summed E-state index contributed by atoms with van der Waals surface area (Å²) in [6.07, 6.45) is 5.30. The number of anilines is 2.